The van der Waals surface area contributed by atoms with Crippen LogP contribution in [-0.2, 0) is 4.79 Å². The van der Waals surface area contributed by atoms with Gasteiger partial charge in [0.25, 0.3) is 5.91 Å². The Hall–Kier alpha value is -2.15. The number of anilines is 1. The molecule has 0 atom stereocenters. The maximum atomic E-state index is 11.6. The van der Waals surface area contributed by atoms with E-state index in [4.69, 9.17) is 5.84 Å². The average Bonchev–Trinajstić information content (AvgIpc) is 2.34. The minimum atomic E-state index is -0.313. The normalized spacial score (nSPS) is 9.53. The number of hydrogen-bond donors (Lipinski definition) is 4. The Morgan fingerprint density at radius 1 is 1.35 bits per heavy atom. The Morgan fingerprint density at radius 2 is 2.06 bits per heavy atom. The first kappa shape index (κ1) is 12.9. The highest BCUT2D eigenvalue weighted by molar-refractivity contribution is 5.93. The molecule has 0 aliphatic heterocycles. The van der Waals surface area contributed by atoms with Crippen molar-refractivity contribution in [2.24, 2.45) is 5.84 Å². The summed E-state index contributed by atoms with van der Waals surface area (Å²) < 4.78 is 0. The van der Waals surface area contributed by atoms with Crippen LogP contribution in [0.15, 0.2) is 18.3 Å². The first-order valence-corrected chi connectivity index (χ1v) is 5.09. The highest BCUT2D eigenvalue weighted by Crippen LogP contribution is 2.05. The van der Waals surface area contributed by atoms with Crippen molar-refractivity contribution in [3.05, 3.63) is 24.0 Å². The van der Waals surface area contributed by atoms with E-state index in [9.17, 15) is 9.59 Å². The van der Waals surface area contributed by atoms with E-state index in [1.807, 2.05) is 0 Å². The van der Waals surface area contributed by atoms with Crippen LogP contribution < -0.4 is 21.9 Å². The third-order valence-corrected chi connectivity index (χ3v) is 1.94. The SMILES string of the molecule is CC(=O)NCCNC(=O)c1cc(NN)ccn1. The van der Waals surface area contributed by atoms with Crippen LogP contribution in [-0.4, -0.2) is 29.9 Å². The second-order valence-electron chi connectivity index (χ2n) is 3.31. The summed E-state index contributed by atoms with van der Waals surface area (Å²) in [6.45, 7) is 2.15. The molecule has 7 nitrogen and oxygen atoms in total. The smallest absolute Gasteiger partial charge is 0.270 e. The van der Waals surface area contributed by atoms with Gasteiger partial charge in [-0.1, -0.05) is 0 Å². The summed E-state index contributed by atoms with van der Waals surface area (Å²) >= 11 is 0. The maximum Gasteiger partial charge on any atom is 0.270 e. The number of hydrazine groups is 1. The van der Waals surface area contributed by atoms with Gasteiger partial charge in [-0.15, -0.1) is 0 Å². The highest BCUT2D eigenvalue weighted by Gasteiger charge is 2.06. The molecule has 2 amide bonds. The van der Waals surface area contributed by atoms with Crippen molar-refractivity contribution in [1.82, 2.24) is 15.6 Å². The van der Waals surface area contributed by atoms with Crippen LogP contribution in [0.4, 0.5) is 5.69 Å². The van der Waals surface area contributed by atoms with Crippen molar-refractivity contribution in [3.8, 4) is 0 Å². The van der Waals surface area contributed by atoms with Gasteiger partial charge in [0.15, 0.2) is 0 Å². The van der Waals surface area contributed by atoms with Crippen LogP contribution in [0.2, 0.25) is 0 Å². The molecule has 1 rings (SSSR count). The number of pyridine rings is 1. The zero-order chi connectivity index (χ0) is 12.7. The summed E-state index contributed by atoms with van der Waals surface area (Å²) in [5, 5.41) is 5.19. The van der Waals surface area contributed by atoms with Crippen molar-refractivity contribution in [3.63, 3.8) is 0 Å². The molecule has 1 aromatic rings. The van der Waals surface area contributed by atoms with Crippen LogP contribution in [0.3, 0.4) is 0 Å². The van der Waals surface area contributed by atoms with Gasteiger partial charge in [0, 0.05) is 26.2 Å². The number of rotatable bonds is 5. The Labute approximate surface area is 98.8 Å². The molecule has 0 radical (unpaired) electrons. The fraction of sp³-hybridized carbons (Fsp3) is 0.300. The van der Waals surface area contributed by atoms with Gasteiger partial charge in [-0.25, -0.2) is 0 Å². The van der Waals surface area contributed by atoms with Crippen molar-refractivity contribution in [2.75, 3.05) is 18.5 Å². The fourth-order valence-electron chi connectivity index (χ4n) is 1.15. The van der Waals surface area contributed by atoms with Crippen LogP contribution in [0.1, 0.15) is 17.4 Å². The van der Waals surface area contributed by atoms with Gasteiger partial charge in [-0.3, -0.25) is 20.4 Å². The van der Waals surface area contributed by atoms with E-state index in [2.05, 4.69) is 21.0 Å². The number of carbonyl (C=O) groups excluding carboxylic acids is 2. The van der Waals surface area contributed by atoms with E-state index in [1.54, 1.807) is 6.07 Å². The van der Waals surface area contributed by atoms with Gasteiger partial charge in [-0.2, -0.15) is 0 Å². The van der Waals surface area contributed by atoms with Gasteiger partial charge >= 0.3 is 0 Å². The molecule has 0 spiro atoms. The summed E-state index contributed by atoms with van der Waals surface area (Å²) in [6, 6.07) is 3.18. The monoisotopic (exact) mass is 237 g/mol. The standard InChI is InChI=1S/C10H15N5O2/c1-7(16)12-4-5-14-10(17)9-6-8(15-11)2-3-13-9/h2-3,6H,4-5,11H2,1H3,(H,12,16)(H,13,15)(H,14,17). The Bertz CT molecular complexity index is 407. The third-order valence-electron chi connectivity index (χ3n) is 1.94. The number of nitrogens with zero attached hydrogens (tertiary/aromatic N) is 1. The number of aromatic nitrogens is 1. The van der Waals surface area contributed by atoms with Gasteiger partial charge in [-0.05, 0) is 12.1 Å². The first-order chi connectivity index (χ1) is 8.13. The number of carbonyl (C=O) groups is 2. The van der Waals surface area contributed by atoms with Crippen molar-refractivity contribution in [2.45, 2.75) is 6.92 Å². The molecule has 0 saturated carbocycles. The van der Waals surface area contributed by atoms with E-state index in [1.165, 1.54) is 19.2 Å². The number of nitrogen functional groups attached to an aromatic ring is 1. The van der Waals surface area contributed by atoms with E-state index in [-0.39, 0.29) is 17.5 Å². The quantitative estimate of drug-likeness (QED) is 0.305. The molecule has 5 N–H and O–H groups in total. The van der Waals surface area contributed by atoms with E-state index in [0.29, 0.717) is 18.8 Å². The molecule has 1 aromatic heterocycles. The Morgan fingerprint density at radius 3 is 2.71 bits per heavy atom. The molecule has 17 heavy (non-hydrogen) atoms. The predicted octanol–water partition coefficient (Wildman–Crippen LogP) is -0.767. The molecule has 0 aliphatic carbocycles. The minimum Gasteiger partial charge on any atom is -0.355 e. The number of amides is 2. The molecule has 7 heteroatoms. The zero-order valence-electron chi connectivity index (χ0n) is 9.49. The lowest BCUT2D eigenvalue weighted by atomic mass is 10.3. The topological polar surface area (TPSA) is 109 Å². The molecule has 0 aromatic carbocycles. The summed E-state index contributed by atoms with van der Waals surface area (Å²) in [5.74, 6) is 4.77. The van der Waals surface area contributed by atoms with Gasteiger partial charge < -0.3 is 16.1 Å². The van der Waals surface area contributed by atoms with Crippen molar-refractivity contribution >= 4 is 17.5 Å². The molecule has 92 valence electrons. The summed E-state index contributed by atoms with van der Waals surface area (Å²) in [5.41, 5.74) is 3.30. The summed E-state index contributed by atoms with van der Waals surface area (Å²) in [4.78, 5) is 26.1. The number of nitrogens with two attached hydrogens (primary N) is 1. The zero-order valence-corrected chi connectivity index (χ0v) is 9.49. The van der Waals surface area contributed by atoms with Gasteiger partial charge in [0.1, 0.15) is 5.69 Å². The van der Waals surface area contributed by atoms with Crippen LogP contribution >= 0.6 is 0 Å². The second-order valence-corrected chi connectivity index (χ2v) is 3.31. The molecule has 0 unspecified atom stereocenters. The maximum absolute atomic E-state index is 11.6. The van der Waals surface area contributed by atoms with Crippen LogP contribution in [0.25, 0.3) is 0 Å². The lowest BCUT2D eigenvalue weighted by Crippen LogP contribution is -2.34. The molecule has 0 bridgehead atoms. The highest BCUT2D eigenvalue weighted by atomic mass is 16.2. The van der Waals surface area contributed by atoms with Crippen LogP contribution in [0, 0.1) is 0 Å². The lowest BCUT2D eigenvalue weighted by molar-refractivity contribution is -0.118. The molecular weight excluding hydrogens is 222 g/mol. The molecule has 0 aliphatic rings. The lowest BCUT2D eigenvalue weighted by Gasteiger charge is -2.06. The third kappa shape index (κ3) is 4.47. The molecule has 0 saturated heterocycles. The van der Waals surface area contributed by atoms with Gasteiger partial charge in [0.05, 0.1) is 5.69 Å². The molecular formula is C10H15N5O2. The van der Waals surface area contributed by atoms with Gasteiger partial charge in [0.2, 0.25) is 5.91 Å². The largest absolute Gasteiger partial charge is 0.355 e. The van der Waals surface area contributed by atoms with E-state index < -0.39 is 0 Å². The fourth-order valence-corrected chi connectivity index (χ4v) is 1.15. The Kier molecular flexibility index (Phi) is 4.89. The number of hydrogen-bond acceptors (Lipinski definition) is 5. The average molecular weight is 237 g/mol. The van der Waals surface area contributed by atoms with E-state index in [0.717, 1.165) is 0 Å². The Balaban J connectivity index is 2.43. The minimum absolute atomic E-state index is 0.133. The summed E-state index contributed by atoms with van der Waals surface area (Å²) in [7, 11) is 0. The molecule has 1 heterocycles. The second kappa shape index (κ2) is 6.44. The van der Waals surface area contributed by atoms with Crippen molar-refractivity contribution in [1.29, 1.82) is 0 Å². The molecule has 0 fully saturated rings. The predicted molar refractivity (Wildman–Crippen MR) is 63.1 cm³/mol. The van der Waals surface area contributed by atoms with Crippen LogP contribution in [0.5, 0.6) is 0 Å². The van der Waals surface area contributed by atoms with Crippen molar-refractivity contribution < 1.29 is 9.59 Å². The summed E-state index contributed by atoms with van der Waals surface area (Å²) in [6.07, 6.45) is 1.48. The van der Waals surface area contributed by atoms with E-state index >= 15 is 0 Å². The number of nitrogens with one attached hydrogen (secondary N) is 3. The first-order valence-electron chi connectivity index (χ1n) is 5.09.